The van der Waals surface area contributed by atoms with Crippen molar-refractivity contribution in [3.05, 3.63) is 59.7 Å². The second-order valence-electron chi connectivity index (χ2n) is 6.90. The molecule has 1 aliphatic heterocycles. The van der Waals surface area contributed by atoms with E-state index in [0.29, 0.717) is 25.9 Å². The van der Waals surface area contributed by atoms with Crippen molar-refractivity contribution in [1.82, 2.24) is 10.6 Å². The summed E-state index contributed by atoms with van der Waals surface area (Å²) in [4.78, 5) is 16.4. The first-order chi connectivity index (χ1) is 13.7. The highest BCUT2D eigenvalue weighted by molar-refractivity contribution is 6.01. The van der Waals surface area contributed by atoms with Gasteiger partial charge in [-0.2, -0.15) is 0 Å². The first-order valence-corrected chi connectivity index (χ1v) is 9.59. The minimum Gasteiger partial charge on any atom is -0.390 e. The van der Waals surface area contributed by atoms with Gasteiger partial charge in [-0.1, -0.05) is 53.7 Å². The molecule has 0 radical (unpaired) electrons. The van der Waals surface area contributed by atoms with Gasteiger partial charge in [0.15, 0.2) is 0 Å². The smallest absolute Gasteiger partial charge is 0.217 e. The average molecular weight is 383 g/mol. The predicted molar refractivity (Wildman–Crippen MR) is 109 cm³/mol. The normalized spacial score (nSPS) is 15.8. The highest BCUT2D eigenvalue weighted by Crippen LogP contribution is 2.23. The number of benzene rings is 2. The number of amides is 1. The minimum absolute atomic E-state index is 0.0667. The molecule has 0 bridgehead atoms. The van der Waals surface area contributed by atoms with Gasteiger partial charge in [0.05, 0.1) is 18.9 Å². The molecule has 1 unspecified atom stereocenters. The molecule has 1 heterocycles. The SMILES string of the molecule is CC(=O)NCC1CC(c2ccc(-c3ccc(CNCCCF)cc3)cc2)=NO1. The van der Waals surface area contributed by atoms with E-state index in [4.69, 9.17) is 4.84 Å². The van der Waals surface area contributed by atoms with Gasteiger partial charge in [-0.25, -0.2) is 0 Å². The number of carbonyl (C=O) groups is 1. The van der Waals surface area contributed by atoms with Gasteiger partial charge in [0.25, 0.3) is 0 Å². The highest BCUT2D eigenvalue weighted by Gasteiger charge is 2.22. The molecule has 0 aliphatic carbocycles. The molecular weight excluding hydrogens is 357 g/mol. The van der Waals surface area contributed by atoms with Gasteiger partial charge < -0.3 is 15.5 Å². The number of nitrogens with one attached hydrogen (secondary N) is 2. The Labute approximate surface area is 165 Å². The second kappa shape index (κ2) is 9.99. The predicted octanol–water partition coefficient (Wildman–Crippen LogP) is 3.43. The lowest BCUT2D eigenvalue weighted by atomic mass is 9.99. The van der Waals surface area contributed by atoms with E-state index in [9.17, 15) is 9.18 Å². The van der Waals surface area contributed by atoms with Gasteiger partial charge in [0, 0.05) is 19.9 Å². The lowest BCUT2D eigenvalue weighted by Gasteiger charge is -2.08. The summed E-state index contributed by atoms with van der Waals surface area (Å²) in [5, 5.41) is 10.1. The van der Waals surface area contributed by atoms with Crippen LogP contribution in [0.5, 0.6) is 0 Å². The number of hydrogen-bond donors (Lipinski definition) is 2. The molecule has 1 atom stereocenters. The van der Waals surface area contributed by atoms with Crippen LogP contribution in [-0.4, -0.2) is 37.5 Å². The quantitative estimate of drug-likeness (QED) is 0.652. The van der Waals surface area contributed by atoms with Crippen LogP contribution in [0.2, 0.25) is 0 Å². The fraction of sp³-hybridized carbons (Fsp3) is 0.364. The van der Waals surface area contributed by atoms with Gasteiger partial charge in [0.1, 0.15) is 6.10 Å². The van der Waals surface area contributed by atoms with E-state index in [-0.39, 0.29) is 18.7 Å². The molecule has 6 heteroatoms. The summed E-state index contributed by atoms with van der Waals surface area (Å²) < 4.78 is 12.1. The van der Waals surface area contributed by atoms with Crippen LogP contribution in [0.4, 0.5) is 4.39 Å². The van der Waals surface area contributed by atoms with Crippen LogP contribution in [0.25, 0.3) is 11.1 Å². The number of carbonyl (C=O) groups excluding carboxylic acids is 1. The van der Waals surface area contributed by atoms with Crippen molar-refractivity contribution in [1.29, 1.82) is 0 Å². The van der Waals surface area contributed by atoms with Crippen LogP contribution in [0.1, 0.15) is 30.9 Å². The fourth-order valence-corrected chi connectivity index (χ4v) is 3.06. The molecule has 3 rings (SSSR count). The lowest BCUT2D eigenvalue weighted by Crippen LogP contribution is -2.30. The summed E-state index contributed by atoms with van der Waals surface area (Å²) in [5.41, 5.74) is 5.39. The van der Waals surface area contributed by atoms with E-state index in [1.807, 2.05) is 12.1 Å². The molecule has 0 aromatic heterocycles. The van der Waals surface area contributed by atoms with Crippen molar-refractivity contribution in [3.8, 4) is 11.1 Å². The minimum atomic E-state index is -0.281. The number of halogens is 1. The summed E-state index contributed by atoms with van der Waals surface area (Å²) in [7, 11) is 0. The van der Waals surface area contributed by atoms with Gasteiger partial charge in [-0.3, -0.25) is 9.18 Å². The van der Waals surface area contributed by atoms with E-state index in [0.717, 1.165) is 28.9 Å². The standard InChI is InChI=1S/C22H26FN3O2/c1-16(27)25-15-21-13-22(26-28-21)20-9-7-19(8-10-20)18-5-3-17(4-6-18)14-24-12-2-11-23/h3-10,21,24H,2,11-15H2,1H3,(H,25,27). The summed E-state index contributed by atoms with van der Waals surface area (Å²) in [6.07, 6.45) is 1.13. The third-order valence-electron chi connectivity index (χ3n) is 4.63. The van der Waals surface area contributed by atoms with Crippen LogP contribution in [-0.2, 0) is 16.2 Å². The first kappa shape index (κ1) is 20.0. The molecule has 5 nitrogen and oxygen atoms in total. The molecule has 2 aromatic rings. The zero-order valence-corrected chi connectivity index (χ0v) is 16.1. The zero-order valence-electron chi connectivity index (χ0n) is 16.1. The summed E-state index contributed by atoms with van der Waals surface area (Å²) in [6.45, 7) is 3.12. The number of rotatable bonds is 9. The van der Waals surface area contributed by atoms with Crippen molar-refractivity contribution in [2.45, 2.75) is 32.4 Å². The van der Waals surface area contributed by atoms with Crippen molar-refractivity contribution < 1.29 is 14.0 Å². The molecule has 28 heavy (non-hydrogen) atoms. The van der Waals surface area contributed by atoms with Gasteiger partial charge >= 0.3 is 0 Å². The maximum Gasteiger partial charge on any atom is 0.217 e. The number of alkyl halides is 1. The van der Waals surface area contributed by atoms with Crippen molar-refractivity contribution in [2.24, 2.45) is 5.16 Å². The average Bonchev–Trinajstić information content (AvgIpc) is 3.19. The van der Waals surface area contributed by atoms with E-state index in [2.05, 4.69) is 52.2 Å². The zero-order chi connectivity index (χ0) is 19.8. The molecule has 0 saturated carbocycles. The van der Waals surface area contributed by atoms with Crippen molar-refractivity contribution in [2.75, 3.05) is 19.8 Å². The van der Waals surface area contributed by atoms with Gasteiger partial charge in [0.2, 0.25) is 5.91 Å². The van der Waals surface area contributed by atoms with Gasteiger partial charge in [-0.05, 0) is 35.2 Å². The van der Waals surface area contributed by atoms with Crippen LogP contribution in [0.15, 0.2) is 53.7 Å². The molecule has 2 N–H and O–H groups in total. The molecule has 1 aliphatic rings. The van der Waals surface area contributed by atoms with E-state index in [1.54, 1.807) is 0 Å². The van der Waals surface area contributed by atoms with Crippen LogP contribution >= 0.6 is 0 Å². The fourth-order valence-electron chi connectivity index (χ4n) is 3.06. The topological polar surface area (TPSA) is 62.7 Å². The summed E-state index contributed by atoms with van der Waals surface area (Å²) in [6, 6.07) is 16.6. The van der Waals surface area contributed by atoms with E-state index >= 15 is 0 Å². The maximum absolute atomic E-state index is 12.1. The maximum atomic E-state index is 12.1. The third-order valence-corrected chi connectivity index (χ3v) is 4.63. The highest BCUT2D eigenvalue weighted by atomic mass is 19.1. The monoisotopic (exact) mass is 383 g/mol. The Morgan fingerprint density at radius 3 is 2.39 bits per heavy atom. The van der Waals surface area contributed by atoms with E-state index < -0.39 is 0 Å². The van der Waals surface area contributed by atoms with Crippen molar-refractivity contribution in [3.63, 3.8) is 0 Å². The third kappa shape index (κ3) is 5.63. The van der Waals surface area contributed by atoms with Gasteiger partial charge in [-0.15, -0.1) is 0 Å². The Balaban J connectivity index is 1.55. The Kier molecular flexibility index (Phi) is 7.14. The van der Waals surface area contributed by atoms with E-state index in [1.165, 1.54) is 12.5 Å². The van der Waals surface area contributed by atoms with Crippen LogP contribution in [0.3, 0.4) is 0 Å². The van der Waals surface area contributed by atoms with Crippen molar-refractivity contribution >= 4 is 11.6 Å². The number of oxime groups is 1. The Hall–Kier alpha value is -2.73. The number of hydrogen-bond acceptors (Lipinski definition) is 4. The number of nitrogens with zero attached hydrogens (tertiary/aromatic N) is 1. The van der Waals surface area contributed by atoms with Crippen LogP contribution in [0, 0.1) is 0 Å². The molecular formula is C22H26FN3O2. The first-order valence-electron chi connectivity index (χ1n) is 9.59. The largest absolute Gasteiger partial charge is 0.390 e. The summed E-state index contributed by atoms with van der Waals surface area (Å²) in [5.74, 6) is -0.0667. The Bertz CT molecular complexity index is 804. The molecule has 1 amide bonds. The second-order valence-corrected chi connectivity index (χ2v) is 6.90. The molecule has 0 saturated heterocycles. The molecule has 148 valence electrons. The lowest BCUT2D eigenvalue weighted by molar-refractivity contribution is -0.119. The Morgan fingerprint density at radius 1 is 1.11 bits per heavy atom. The summed E-state index contributed by atoms with van der Waals surface area (Å²) >= 11 is 0. The van der Waals surface area contributed by atoms with Crippen LogP contribution < -0.4 is 10.6 Å². The Morgan fingerprint density at radius 2 is 1.75 bits per heavy atom. The molecule has 0 fully saturated rings. The molecule has 0 spiro atoms. The molecule has 2 aromatic carbocycles.